The van der Waals surface area contributed by atoms with Crippen LogP contribution in [0.15, 0.2) is 6.33 Å². The highest BCUT2D eigenvalue weighted by Crippen LogP contribution is 1.94. The summed E-state index contributed by atoms with van der Waals surface area (Å²) in [4.78, 5) is 3.90. The molecule has 1 heterocycles. The van der Waals surface area contributed by atoms with Crippen LogP contribution in [-0.2, 0) is 16.4 Å². The van der Waals surface area contributed by atoms with Crippen LogP contribution < -0.4 is 4.72 Å². The van der Waals surface area contributed by atoms with Crippen molar-refractivity contribution in [2.75, 3.05) is 12.3 Å². The summed E-state index contributed by atoms with van der Waals surface area (Å²) in [5.41, 5.74) is 0. The Morgan fingerprint density at radius 3 is 2.93 bits per heavy atom. The minimum Gasteiger partial charge on any atom is -0.263 e. The number of aromatic amines is 1. The van der Waals surface area contributed by atoms with E-state index in [-0.39, 0.29) is 5.75 Å². The Kier molecular flexibility index (Phi) is 4.70. The zero-order valence-corrected chi connectivity index (χ0v) is 9.55. The Labute approximate surface area is 89.5 Å². The van der Waals surface area contributed by atoms with E-state index in [2.05, 4.69) is 19.9 Å². The number of sulfonamides is 1. The molecular weight excluding hydrogens is 216 g/mol. The minimum atomic E-state index is -3.11. The van der Waals surface area contributed by atoms with E-state index < -0.39 is 10.0 Å². The normalized spacial score (nSPS) is 11.8. The Hall–Kier alpha value is -0.950. The van der Waals surface area contributed by atoms with Crippen molar-refractivity contribution in [2.24, 2.45) is 0 Å². The number of unbranched alkanes of at least 4 members (excludes halogenated alkanes) is 1. The van der Waals surface area contributed by atoms with Crippen LogP contribution in [0.1, 0.15) is 25.6 Å². The number of hydrogen-bond donors (Lipinski definition) is 2. The molecule has 0 radical (unpaired) electrons. The van der Waals surface area contributed by atoms with Crippen molar-refractivity contribution in [1.82, 2.24) is 19.9 Å². The maximum atomic E-state index is 11.4. The molecule has 86 valence electrons. The van der Waals surface area contributed by atoms with Gasteiger partial charge in [-0.1, -0.05) is 13.3 Å². The molecule has 1 rings (SSSR count). The van der Waals surface area contributed by atoms with Gasteiger partial charge in [-0.15, -0.1) is 0 Å². The fourth-order valence-corrected chi connectivity index (χ4v) is 2.31. The second-order valence-corrected chi connectivity index (χ2v) is 5.18. The molecule has 0 spiro atoms. The van der Waals surface area contributed by atoms with E-state index in [0.29, 0.717) is 25.2 Å². The Morgan fingerprint density at radius 1 is 1.53 bits per heavy atom. The molecule has 0 amide bonds. The molecule has 7 heteroatoms. The van der Waals surface area contributed by atoms with Crippen LogP contribution in [0.2, 0.25) is 0 Å². The number of hydrogen-bond acceptors (Lipinski definition) is 4. The third-order valence-corrected chi connectivity index (χ3v) is 3.39. The molecule has 0 saturated heterocycles. The van der Waals surface area contributed by atoms with Gasteiger partial charge in [-0.3, -0.25) is 5.10 Å². The molecule has 6 nitrogen and oxygen atoms in total. The molecule has 15 heavy (non-hydrogen) atoms. The fraction of sp³-hybridized carbons (Fsp3) is 0.750. The summed E-state index contributed by atoms with van der Waals surface area (Å²) in [6.45, 7) is 2.32. The third-order valence-electron chi connectivity index (χ3n) is 1.92. The zero-order valence-electron chi connectivity index (χ0n) is 8.73. The predicted octanol–water partition coefficient (Wildman–Crippen LogP) is 0.0667. The summed E-state index contributed by atoms with van der Waals surface area (Å²) in [5, 5.41) is 6.34. The van der Waals surface area contributed by atoms with Crippen molar-refractivity contribution in [2.45, 2.75) is 26.2 Å². The van der Waals surface area contributed by atoms with Gasteiger partial charge in [0.05, 0.1) is 5.75 Å². The topological polar surface area (TPSA) is 87.7 Å². The molecule has 2 N–H and O–H groups in total. The van der Waals surface area contributed by atoms with Crippen molar-refractivity contribution < 1.29 is 8.42 Å². The summed E-state index contributed by atoms with van der Waals surface area (Å²) in [6.07, 6.45) is 3.51. The van der Waals surface area contributed by atoms with Crippen LogP contribution >= 0.6 is 0 Å². The number of aromatic nitrogens is 3. The summed E-state index contributed by atoms with van der Waals surface area (Å²) in [7, 11) is -3.11. The molecule has 0 unspecified atom stereocenters. The molecule has 0 aliphatic heterocycles. The average Bonchev–Trinajstić information content (AvgIpc) is 2.67. The van der Waals surface area contributed by atoms with Crippen LogP contribution in [0, 0.1) is 0 Å². The fourth-order valence-electron chi connectivity index (χ4n) is 1.08. The summed E-state index contributed by atoms with van der Waals surface area (Å²) in [5.74, 6) is 0.882. The molecule has 1 aromatic rings. The maximum Gasteiger partial charge on any atom is 0.211 e. The molecule has 1 aromatic heterocycles. The van der Waals surface area contributed by atoms with Gasteiger partial charge in [0.25, 0.3) is 0 Å². The summed E-state index contributed by atoms with van der Waals surface area (Å²) in [6, 6.07) is 0. The first-order chi connectivity index (χ1) is 7.14. The van der Waals surface area contributed by atoms with Crippen LogP contribution in [-0.4, -0.2) is 35.9 Å². The Balaban J connectivity index is 2.24. The van der Waals surface area contributed by atoms with E-state index in [9.17, 15) is 8.42 Å². The lowest BCUT2D eigenvalue weighted by Crippen LogP contribution is -2.28. The smallest absolute Gasteiger partial charge is 0.211 e. The average molecular weight is 232 g/mol. The van der Waals surface area contributed by atoms with E-state index in [4.69, 9.17) is 0 Å². The van der Waals surface area contributed by atoms with Gasteiger partial charge >= 0.3 is 0 Å². The van der Waals surface area contributed by atoms with Crippen molar-refractivity contribution in [3.63, 3.8) is 0 Å². The molecule has 0 aliphatic carbocycles. The largest absolute Gasteiger partial charge is 0.263 e. The van der Waals surface area contributed by atoms with Gasteiger partial charge in [0.1, 0.15) is 12.2 Å². The Bertz CT molecular complexity index is 360. The van der Waals surface area contributed by atoms with E-state index >= 15 is 0 Å². The molecule has 0 aromatic carbocycles. The number of nitrogens with zero attached hydrogens (tertiary/aromatic N) is 2. The summed E-state index contributed by atoms with van der Waals surface area (Å²) < 4.78 is 25.2. The highest BCUT2D eigenvalue weighted by Gasteiger charge is 2.08. The van der Waals surface area contributed by atoms with Crippen molar-refractivity contribution in [3.8, 4) is 0 Å². The van der Waals surface area contributed by atoms with Crippen LogP contribution in [0.5, 0.6) is 0 Å². The SMILES string of the molecule is CCCCS(=O)(=O)NCCc1ncn[nH]1. The highest BCUT2D eigenvalue weighted by atomic mass is 32.2. The lowest BCUT2D eigenvalue weighted by Gasteiger charge is -2.04. The predicted molar refractivity (Wildman–Crippen MR) is 56.8 cm³/mol. The van der Waals surface area contributed by atoms with E-state index in [1.165, 1.54) is 6.33 Å². The van der Waals surface area contributed by atoms with E-state index in [1.54, 1.807) is 0 Å². The lowest BCUT2D eigenvalue weighted by atomic mass is 10.4. The Morgan fingerprint density at radius 2 is 2.33 bits per heavy atom. The van der Waals surface area contributed by atoms with Crippen LogP contribution in [0.4, 0.5) is 0 Å². The molecule has 0 bridgehead atoms. The minimum absolute atomic E-state index is 0.194. The number of rotatable bonds is 7. The van der Waals surface area contributed by atoms with Crippen molar-refractivity contribution in [1.29, 1.82) is 0 Å². The van der Waals surface area contributed by atoms with Gasteiger partial charge in [-0.05, 0) is 6.42 Å². The van der Waals surface area contributed by atoms with Crippen molar-refractivity contribution >= 4 is 10.0 Å². The van der Waals surface area contributed by atoms with Gasteiger partial charge in [0.15, 0.2) is 0 Å². The van der Waals surface area contributed by atoms with E-state index in [1.807, 2.05) is 6.92 Å². The van der Waals surface area contributed by atoms with Gasteiger partial charge < -0.3 is 0 Å². The van der Waals surface area contributed by atoms with Gasteiger partial charge in [0, 0.05) is 13.0 Å². The third kappa shape index (κ3) is 4.89. The molecule has 0 saturated carbocycles. The molecule has 0 fully saturated rings. The molecule has 0 atom stereocenters. The van der Waals surface area contributed by atoms with Crippen molar-refractivity contribution in [3.05, 3.63) is 12.2 Å². The molecular formula is C8H16N4O2S. The first-order valence-corrected chi connectivity index (χ1v) is 6.61. The number of nitrogens with one attached hydrogen (secondary N) is 2. The lowest BCUT2D eigenvalue weighted by molar-refractivity contribution is 0.577. The van der Waals surface area contributed by atoms with E-state index in [0.717, 1.165) is 6.42 Å². The quantitative estimate of drug-likeness (QED) is 0.696. The highest BCUT2D eigenvalue weighted by molar-refractivity contribution is 7.89. The molecule has 0 aliphatic rings. The summed E-state index contributed by atoms with van der Waals surface area (Å²) >= 11 is 0. The maximum absolute atomic E-state index is 11.4. The zero-order chi connectivity index (χ0) is 11.1. The second kappa shape index (κ2) is 5.82. The van der Waals surface area contributed by atoms with Gasteiger partial charge in [-0.2, -0.15) is 5.10 Å². The van der Waals surface area contributed by atoms with Gasteiger partial charge in [0.2, 0.25) is 10.0 Å². The number of H-pyrrole nitrogens is 1. The standard InChI is InChI=1S/C8H16N4O2S/c1-2-3-6-15(13,14)11-5-4-8-9-7-10-12-8/h7,11H,2-6H2,1H3,(H,9,10,12). The first kappa shape index (κ1) is 12.1. The van der Waals surface area contributed by atoms with Crippen LogP contribution in [0.3, 0.4) is 0 Å². The first-order valence-electron chi connectivity index (χ1n) is 4.95. The van der Waals surface area contributed by atoms with Crippen LogP contribution in [0.25, 0.3) is 0 Å². The monoisotopic (exact) mass is 232 g/mol. The second-order valence-electron chi connectivity index (χ2n) is 3.25. The van der Waals surface area contributed by atoms with Gasteiger partial charge in [-0.25, -0.2) is 18.1 Å².